The van der Waals surface area contributed by atoms with E-state index in [1.807, 2.05) is 4.90 Å². The van der Waals surface area contributed by atoms with E-state index in [0.717, 1.165) is 74.8 Å². The molecule has 0 bridgehead atoms. The number of carbonyl (C=O) groups is 2. The van der Waals surface area contributed by atoms with Gasteiger partial charge in [0.15, 0.2) is 0 Å². The van der Waals surface area contributed by atoms with Crippen molar-refractivity contribution in [2.75, 3.05) is 19.1 Å². The summed E-state index contributed by atoms with van der Waals surface area (Å²) in [6, 6.07) is 2.22. The van der Waals surface area contributed by atoms with Crippen LogP contribution in [0.1, 0.15) is 98.5 Å². The lowest BCUT2D eigenvalue weighted by molar-refractivity contribution is -0.124. The lowest BCUT2D eigenvalue weighted by atomic mass is 9.81. The van der Waals surface area contributed by atoms with Crippen LogP contribution < -0.4 is 4.90 Å². The van der Waals surface area contributed by atoms with Gasteiger partial charge in [0.2, 0.25) is 5.91 Å². The Balaban J connectivity index is 1.70. The first-order chi connectivity index (χ1) is 16.0. The molecule has 3 aliphatic rings. The number of thiophene rings is 1. The van der Waals surface area contributed by atoms with E-state index >= 15 is 0 Å². The summed E-state index contributed by atoms with van der Waals surface area (Å²) in [5.41, 5.74) is 2.09. The molecule has 1 heterocycles. The second-order valence-electron chi connectivity index (χ2n) is 10.1. The summed E-state index contributed by atoms with van der Waals surface area (Å²) < 4.78 is 10.8. The third-order valence-corrected chi connectivity index (χ3v) is 9.07. The largest absolute Gasteiger partial charge is 0.465 e. The minimum Gasteiger partial charge on any atom is -0.465 e. The van der Waals surface area contributed by atoms with Gasteiger partial charge < -0.3 is 14.4 Å². The fraction of sp³-hybridized carbons (Fsp3) is 0.704. The molecule has 0 spiro atoms. The molecule has 5 nitrogen and oxygen atoms in total. The zero-order valence-electron chi connectivity index (χ0n) is 20.4. The Morgan fingerprint density at radius 3 is 2.33 bits per heavy atom. The van der Waals surface area contributed by atoms with Gasteiger partial charge in [0.05, 0.1) is 18.9 Å². The summed E-state index contributed by atoms with van der Waals surface area (Å²) in [6.07, 6.45) is 14.9. The van der Waals surface area contributed by atoms with E-state index < -0.39 is 0 Å². The van der Waals surface area contributed by atoms with E-state index in [9.17, 15) is 9.59 Å². The van der Waals surface area contributed by atoms with Gasteiger partial charge in [-0.15, -0.1) is 11.3 Å². The molecule has 1 amide bonds. The number of carbonyl (C=O) groups excluding carboxylic acids is 2. The quantitative estimate of drug-likeness (QED) is 0.436. The normalized spacial score (nSPS) is 28.2. The third kappa shape index (κ3) is 5.54. The molecule has 0 N–H and O–H groups in total. The predicted molar refractivity (Wildman–Crippen MR) is 134 cm³/mol. The highest BCUT2D eigenvalue weighted by atomic mass is 32.1. The van der Waals surface area contributed by atoms with Crippen LogP contribution in [0, 0.1) is 11.8 Å². The number of rotatable bonds is 6. The summed E-state index contributed by atoms with van der Waals surface area (Å²) >= 11 is 1.50. The number of ether oxygens (including phenoxy) is 2. The Morgan fingerprint density at radius 1 is 1.00 bits per heavy atom. The van der Waals surface area contributed by atoms with Crippen LogP contribution in [-0.2, 0) is 14.3 Å². The van der Waals surface area contributed by atoms with Gasteiger partial charge in [0.1, 0.15) is 4.88 Å². The van der Waals surface area contributed by atoms with Crippen molar-refractivity contribution < 1.29 is 19.1 Å². The van der Waals surface area contributed by atoms with Gasteiger partial charge in [0.25, 0.3) is 0 Å². The first-order valence-electron chi connectivity index (χ1n) is 12.8. The van der Waals surface area contributed by atoms with Crippen molar-refractivity contribution in [2.24, 2.45) is 11.8 Å². The van der Waals surface area contributed by atoms with Crippen molar-refractivity contribution in [3.05, 3.63) is 21.9 Å². The fourth-order valence-corrected chi connectivity index (χ4v) is 6.89. The maximum atomic E-state index is 14.0. The molecule has 0 aliphatic heterocycles. The average Bonchev–Trinajstić information content (AvgIpc) is 3.30. The van der Waals surface area contributed by atoms with Crippen LogP contribution >= 0.6 is 11.3 Å². The number of hydrogen-bond acceptors (Lipinski definition) is 5. The molecule has 1 aromatic heterocycles. The zero-order chi connectivity index (χ0) is 23.4. The van der Waals surface area contributed by atoms with Crippen LogP contribution in [0.25, 0.3) is 5.57 Å². The van der Waals surface area contributed by atoms with E-state index in [2.05, 4.69) is 19.1 Å². The van der Waals surface area contributed by atoms with Crippen molar-refractivity contribution in [1.29, 1.82) is 0 Å². The maximum absolute atomic E-state index is 14.0. The number of hydrogen-bond donors (Lipinski definition) is 0. The third-order valence-electron chi connectivity index (χ3n) is 7.90. The van der Waals surface area contributed by atoms with E-state index in [1.165, 1.54) is 36.9 Å². The van der Waals surface area contributed by atoms with Crippen molar-refractivity contribution >= 4 is 34.5 Å². The SMILES string of the molecule is COC(=O)c1sc(C2=CCCCC2)cc1N(C(=O)C1CCC(C)CC1)C1CCC(OC)CC1. The van der Waals surface area contributed by atoms with Crippen LogP contribution in [0.3, 0.4) is 0 Å². The van der Waals surface area contributed by atoms with Crippen LogP contribution in [0.5, 0.6) is 0 Å². The summed E-state index contributed by atoms with van der Waals surface area (Å²) in [5, 5.41) is 0. The lowest BCUT2D eigenvalue weighted by Gasteiger charge is -2.39. The van der Waals surface area contributed by atoms with Crippen molar-refractivity contribution in [3.63, 3.8) is 0 Å². The van der Waals surface area contributed by atoms with Gasteiger partial charge in [-0.25, -0.2) is 4.79 Å². The van der Waals surface area contributed by atoms with Gasteiger partial charge >= 0.3 is 5.97 Å². The molecule has 1 aromatic rings. The van der Waals surface area contributed by atoms with Crippen LogP contribution in [-0.4, -0.2) is 38.2 Å². The Bertz CT molecular complexity index is 859. The van der Waals surface area contributed by atoms with Gasteiger partial charge in [0, 0.05) is 23.9 Å². The predicted octanol–water partition coefficient (Wildman–Crippen LogP) is 6.61. The molecule has 2 saturated carbocycles. The highest BCUT2D eigenvalue weighted by molar-refractivity contribution is 7.15. The van der Waals surface area contributed by atoms with Gasteiger partial charge in [-0.1, -0.05) is 13.0 Å². The molecule has 3 aliphatic carbocycles. The standard InChI is InChI=1S/C27H39NO4S/c1-18-9-11-20(12-10-18)26(29)28(21-13-15-22(31-2)16-14-21)23-17-24(19-7-5-4-6-8-19)33-25(23)27(30)32-3/h7,17-18,20-22H,4-6,8-16H2,1-3H3. The van der Waals surface area contributed by atoms with Gasteiger partial charge in [-0.05, 0) is 94.6 Å². The molecule has 0 saturated heterocycles. The van der Waals surface area contributed by atoms with E-state index in [-0.39, 0.29) is 29.9 Å². The minimum atomic E-state index is -0.335. The van der Waals surface area contributed by atoms with Crippen molar-refractivity contribution in [3.8, 4) is 0 Å². The van der Waals surface area contributed by atoms with Crippen LogP contribution in [0.2, 0.25) is 0 Å². The topological polar surface area (TPSA) is 55.8 Å². The Labute approximate surface area is 202 Å². The van der Waals surface area contributed by atoms with Crippen molar-refractivity contribution in [2.45, 2.75) is 96.1 Å². The van der Waals surface area contributed by atoms with Crippen LogP contribution in [0.4, 0.5) is 5.69 Å². The second kappa shape index (κ2) is 11.2. The molecule has 0 radical (unpaired) electrons. The van der Waals surface area contributed by atoms with Gasteiger partial charge in [-0.3, -0.25) is 4.79 Å². The summed E-state index contributed by atoms with van der Waals surface area (Å²) in [7, 11) is 3.21. The number of methoxy groups -OCH3 is 2. The summed E-state index contributed by atoms with van der Waals surface area (Å²) in [5.74, 6) is 0.605. The Morgan fingerprint density at radius 2 is 1.73 bits per heavy atom. The Hall–Kier alpha value is -1.66. The number of anilines is 1. The molecule has 0 unspecified atom stereocenters. The van der Waals surface area contributed by atoms with E-state index in [1.54, 1.807) is 7.11 Å². The van der Waals surface area contributed by atoms with E-state index in [0.29, 0.717) is 10.8 Å². The summed E-state index contributed by atoms with van der Waals surface area (Å²) in [4.78, 5) is 30.6. The molecule has 6 heteroatoms. The number of allylic oxidation sites excluding steroid dienone is 2. The monoisotopic (exact) mass is 473 g/mol. The molecule has 2 fully saturated rings. The number of nitrogens with zero attached hydrogens (tertiary/aromatic N) is 1. The number of esters is 1. The van der Waals surface area contributed by atoms with Crippen molar-refractivity contribution in [1.82, 2.24) is 0 Å². The number of amides is 1. The Kier molecular flexibility index (Phi) is 8.29. The second-order valence-corrected chi connectivity index (χ2v) is 11.2. The highest BCUT2D eigenvalue weighted by Crippen LogP contribution is 2.42. The average molecular weight is 474 g/mol. The maximum Gasteiger partial charge on any atom is 0.350 e. The molecule has 0 aromatic carbocycles. The van der Waals surface area contributed by atoms with Gasteiger partial charge in [-0.2, -0.15) is 0 Å². The smallest absolute Gasteiger partial charge is 0.350 e. The minimum absolute atomic E-state index is 0.0455. The molecule has 182 valence electrons. The molecular weight excluding hydrogens is 434 g/mol. The lowest BCUT2D eigenvalue weighted by Crippen LogP contribution is -2.47. The van der Waals surface area contributed by atoms with Crippen LogP contribution in [0.15, 0.2) is 12.1 Å². The highest BCUT2D eigenvalue weighted by Gasteiger charge is 2.38. The first-order valence-corrected chi connectivity index (χ1v) is 13.6. The fourth-order valence-electron chi connectivity index (χ4n) is 5.76. The molecule has 33 heavy (non-hydrogen) atoms. The molecule has 4 rings (SSSR count). The molecular formula is C27H39NO4S. The zero-order valence-corrected chi connectivity index (χ0v) is 21.3. The molecule has 0 atom stereocenters. The summed E-state index contributed by atoms with van der Waals surface area (Å²) in [6.45, 7) is 2.28. The first kappa shape index (κ1) is 24.5. The van der Waals surface area contributed by atoms with E-state index in [4.69, 9.17) is 9.47 Å².